The molecule has 2 aromatic carbocycles. The van der Waals surface area contributed by atoms with Gasteiger partial charge in [0.15, 0.2) is 0 Å². The number of hydrogen-bond donors (Lipinski definition) is 2. The molecule has 0 saturated carbocycles. The van der Waals surface area contributed by atoms with Crippen molar-refractivity contribution in [1.82, 2.24) is 9.80 Å². The molecule has 1 saturated heterocycles. The summed E-state index contributed by atoms with van der Waals surface area (Å²) < 4.78 is 0. The average molecular weight is 453 g/mol. The second kappa shape index (κ2) is 8.74. The molecule has 2 N–H and O–H groups in total. The smallest absolute Gasteiger partial charge is 0.412 e. The predicted molar refractivity (Wildman–Crippen MR) is 125 cm³/mol. The zero-order chi connectivity index (χ0) is 23.9. The molecule has 2 heterocycles. The molecule has 0 aliphatic carbocycles. The SMILES string of the molecule is C[C@H]1CN(C(=O)O)c2cc(-c3ccc(C(=O)N4CC[C@H](N(C)C)C4)cc3)ccc2N1C(=O)O. The third-order valence-electron chi connectivity index (χ3n) is 6.50. The van der Waals surface area contributed by atoms with Gasteiger partial charge in [0.05, 0.1) is 24.0 Å². The fourth-order valence-electron chi connectivity index (χ4n) is 4.61. The average Bonchev–Trinajstić information content (AvgIpc) is 3.28. The van der Waals surface area contributed by atoms with Crippen LogP contribution in [-0.2, 0) is 0 Å². The molecule has 174 valence electrons. The zero-order valence-electron chi connectivity index (χ0n) is 18.9. The van der Waals surface area contributed by atoms with E-state index in [2.05, 4.69) is 4.90 Å². The van der Waals surface area contributed by atoms with Gasteiger partial charge in [0, 0.05) is 24.7 Å². The number of amides is 3. The summed E-state index contributed by atoms with van der Waals surface area (Å²) in [5.74, 6) is -0.000481. The highest BCUT2D eigenvalue weighted by Crippen LogP contribution is 2.39. The Morgan fingerprint density at radius 2 is 1.58 bits per heavy atom. The van der Waals surface area contributed by atoms with Crippen LogP contribution in [0.1, 0.15) is 23.7 Å². The maximum atomic E-state index is 12.9. The lowest BCUT2D eigenvalue weighted by Crippen LogP contribution is -2.51. The number of rotatable bonds is 3. The number of carbonyl (C=O) groups excluding carboxylic acids is 1. The number of benzene rings is 2. The van der Waals surface area contributed by atoms with Gasteiger partial charge in [-0.3, -0.25) is 14.6 Å². The number of carboxylic acid groups (broad SMARTS) is 2. The van der Waals surface area contributed by atoms with E-state index < -0.39 is 18.2 Å². The molecule has 2 aromatic rings. The van der Waals surface area contributed by atoms with E-state index in [1.807, 2.05) is 31.1 Å². The van der Waals surface area contributed by atoms with Crippen molar-refractivity contribution >= 4 is 29.5 Å². The Morgan fingerprint density at radius 1 is 0.909 bits per heavy atom. The van der Waals surface area contributed by atoms with E-state index in [9.17, 15) is 24.6 Å². The van der Waals surface area contributed by atoms with E-state index in [-0.39, 0.29) is 12.5 Å². The lowest BCUT2D eigenvalue weighted by Gasteiger charge is -2.38. The van der Waals surface area contributed by atoms with Crippen LogP contribution in [0.5, 0.6) is 0 Å². The number of fused-ring (bicyclic) bond motifs is 1. The molecule has 33 heavy (non-hydrogen) atoms. The maximum absolute atomic E-state index is 12.9. The normalized spacial score (nSPS) is 20.2. The summed E-state index contributed by atoms with van der Waals surface area (Å²) in [7, 11) is 4.04. The number of likely N-dealkylation sites (N-methyl/N-ethyl adjacent to an activating group) is 1. The van der Waals surface area contributed by atoms with Crippen molar-refractivity contribution in [3.05, 3.63) is 48.0 Å². The monoisotopic (exact) mass is 452 g/mol. The van der Waals surface area contributed by atoms with Crippen molar-refractivity contribution in [1.29, 1.82) is 0 Å². The summed E-state index contributed by atoms with van der Waals surface area (Å²) in [6.45, 7) is 3.17. The first-order valence-corrected chi connectivity index (χ1v) is 10.9. The van der Waals surface area contributed by atoms with Crippen LogP contribution in [0.2, 0.25) is 0 Å². The van der Waals surface area contributed by atoms with Crippen molar-refractivity contribution in [2.45, 2.75) is 25.4 Å². The molecule has 0 aromatic heterocycles. The van der Waals surface area contributed by atoms with E-state index in [1.54, 1.807) is 37.3 Å². The topological polar surface area (TPSA) is 105 Å². The van der Waals surface area contributed by atoms with Crippen LogP contribution in [-0.4, -0.2) is 83.9 Å². The molecule has 3 amide bonds. The van der Waals surface area contributed by atoms with E-state index in [0.29, 0.717) is 29.5 Å². The van der Waals surface area contributed by atoms with Crippen LogP contribution in [0.15, 0.2) is 42.5 Å². The molecule has 9 heteroatoms. The minimum atomic E-state index is -1.13. The summed E-state index contributed by atoms with van der Waals surface area (Å²) in [5.41, 5.74) is 2.82. The summed E-state index contributed by atoms with van der Waals surface area (Å²) in [6.07, 6.45) is -1.30. The molecule has 0 spiro atoms. The number of nitrogens with zero attached hydrogens (tertiary/aromatic N) is 4. The first-order valence-electron chi connectivity index (χ1n) is 10.9. The van der Waals surface area contributed by atoms with Crippen molar-refractivity contribution < 1.29 is 24.6 Å². The molecular formula is C24H28N4O5. The van der Waals surface area contributed by atoms with Crippen molar-refractivity contribution in [2.75, 3.05) is 43.5 Å². The Kier molecular flexibility index (Phi) is 5.99. The third kappa shape index (κ3) is 4.23. The third-order valence-corrected chi connectivity index (χ3v) is 6.50. The number of anilines is 2. The van der Waals surface area contributed by atoms with Gasteiger partial charge in [-0.2, -0.15) is 0 Å². The number of hydrogen-bond acceptors (Lipinski definition) is 4. The summed E-state index contributed by atoms with van der Waals surface area (Å²) in [6, 6.07) is 12.2. The van der Waals surface area contributed by atoms with Gasteiger partial charge in [-0.25, -0.2) is 9.59 Å². The van der Waals surface area contributed by atoms with Crippen molar-refractivity contribution in [3.8, 4) is 11.1 Å². The molecule has 2 atom stereocenters. The molecule has 0 radical (unpaired) electrons. The van der Waals surface area contributed by atoms with Gasteiger partial charge >= 0.3 is 12.2 Å². The lowest BCUT2D eigenvalue weighted by molar-refractivity contribution is 0.0783. The molecule has 0 unspecified atom stereocenters. The van der Waals surface area contributed by atoms with Crippen LogP contribution in [0.3, 0.4) is 0 Å². The van der Waals surface area contributed by atoms with Crippen molar-refractivity contribution in [2.24, 2.45) is 0 Å². The Bertz CT molecular complexity index is 1080. The summed E-state index contributed by atoms with van der Waals surface area (Å²) in [4.78, 5) is 42.8. The van der Waals surface area contributed by atoms with Gasteiger partial charge in [0.2, 0.25) is 0 Å². The zero-order valence-corrected chi connectivity index (χ0v) is 18.9. The molecule has 4 rings (SSSR count). The Balaban J connectivity index is 1.60. The van der Waals surface area contributed by atoms with Gasteiger partial charge < -0.3 is 20.0 Å². The first-order chi connectivity index (χ1) is 15.7. The first kappa shape index (κ1) is 22.6. The molecule has 0 bridgehead atoms. The fourth-order valence-corrected chi connectivity index (χ4v) is 4.61. The highest BCUT2D eigenvalue weighted by Gasteiger charge is 2.35. The lowest BCUT2D eigenvalue weighted by atomic mass is 10.00. The van der Waals surface area contributed by atoms with Gasteiger partial charge in [0.1, 0.15) is 0 Å². The van der Waals surface area contributed by atoms with Crippen LogP contribution >= 0.6 is 0 Å². The van der Waals surface area contributed by atoms with Gasteiger partial charge in [0.25, 0.3) is 5.91 Å². The molecule has 1 fully saturated rings. The second-order valence-electron chi connectivity index (χ2n) is 8.83. The van der Waals surface area contributed by atoms with Crippen LogP contribution in [0, 0.1) is 0 Å². The maximum Gasteiger partial charge on any atom is 0.412 e. The minimum Gasteiger partial charge on any atom is -0.465 e. The number of likely N-dealkylation sites (tertiary alicyclic amines) is 1. The summed E-state index contributed by atoms with van der Waals surface area (Å²) in [5, 5.41) is 19.3. The molecular weight excluding hydrogens is 424 g/mol. The van der Waals surface area contributed by atoms with E-state index in [0.717, 1.165) is 24.1 Å². The highest BCUT2D eigenvalue weighted by molar-refractivity contribution is 6.01. The standard InChI is InChI=1S/C24H28N4O5/c1-15-13-27(23(30)31)21-12-18(8-9-20(21)28(15)24(32)33)16-4-6-17(7-5-16)22(29)26-11-10-19(14-26)25(2)3/h4-9,12,15,19H,10-11,13-14H2,1-3H3,(H,30,31)(H,32,33)/t15-,19-/m0/s1. The highest BCUT2D eigenvalue weighted by atomic mass is 16.4. The van der Waals surface area contributed by atoms with Crippen molar-refractivity contribution in [3.63, 3.8) is 0 Å². The quantitative estimate of drug-likeness (QED) is 0.739. The van der Waals surface area contributed by atoms with E-state index in [4.69, 9.17) is 0 Å². The van der Waals surface area contributed by atoms with E-state index in [1.165, 1.54) is 9.80 Å². The van der Waals surface area contributed by atoms with Crippen LogP contribution in [0.25, 0.3) is 11.1 Å². The van der Waals surface area contributed by atoms with Crippen LogP contribution < -0.4 is 9.80 Å². The summed E-state index contributed by atoms with van der Waals surface area (Å²) >= 11 is 0. The van der Waals surface area contributed by atoms with E-state index >= 15 is 0 Å². The second-order valence-corrected chi connectivity index (χ2v) is 8.83. The Hall–Kier alpha value is -3.59. The molecule has 2 aliphatic rings. The fraction of sp³-hybridized carbons (Fsp3) is 0.375. The van der Waals surface area contributed by atoms with Crippen LogP contribution in [0.4, 0.5) is 21.0 Å². The largest absolute Gasteiger partial charge is 0.465 e. The molecule has 9 nitrogen and oxygen atoms in total. The minimum absolute atomic E-state index is 0.000481. The Morgan fingerprint density at radius 3 is 2.15 bits per heavy atom. The van der Waals surface area contributed by atoms with Gasteiger partial charge in [-0.05, 0) is 62.8 Å². The number of carbonyl (C=O) groups is 3. The predicted octanol–water partition coefficient (Wildman–Crippen LogP) is 3.50. The molecule has 2 aliphatic heterocycles. The Labute approximate surface area is 192 Å². The van der Waals surface area contributed by atoms with Gasteiger partial charge in [-0.1, -0.05) is 18.2 Å². The van der Waals surface area contributed by atoms with Gasteiger partial charge in [-0.15, -0.1) is 0 Å².